The molecule has 1 aromatic heterocycles. The molecule has 0 aliphatic rings. The second-order valence-corrected chi connectivity index (χ2v) is 5.86. The number of H-pyrrole nitrogens is 1. The summed E-state index contributed by atoms with van der Waals surface area (Å²) in [6.45, 7) is 2.38. The quantitative estimate of drug-likeness (QED) is 0.784. The molecule has 0 aliphatic heterocycles. The lowest BCUT2D eigenvalue weighted by atomic mass is 10.4. The molecule has 0 spiro atoms. The third-order valence-corrected chi connectivity index (χ3v) is 4.19. The highest BCUT2D eigenvalue weighted by Crippen LogP contribution is 2.16. The van der Waals surface area contributed by atoms with Gasteiger partial charge in [-0.25, -0.2) is 17.2 Å². The molecule has 18 heavy (non-hydrogen) atoms. The van der Waals surface area contributed by atoms with Gasteiger partial charge in [0.05, 0.1) is 11.4 Å². The second kappa shape index (κ2) is 6.26. The van der Waals surface area contributed by atoms with Crippen LogP contribution >= 0.6 is 0 Å². The van der Waals surface area contributed by atoms with E-state index < -0.39 is 23.0 Å². The van der Waals surface area contributed by atoms with Crippen LogP contribution in [0, 0.1) is 0 Å². The molecule has 0 atom stereocenters. The van der Waals surface area contributed by atoms with E-state index in [1.165, 1.54) is 12.3 Å². The Kier molecular flexibility index (Phi) is 5.24. The summed E-state index contributed by atoms with van der Waals surface area (Å²) >= 11 is 0. The zero-order chi connectivity index (χ0) is 13.8. The van der Waals surface area contributed by atoms with Gasteiger partial charge in [0.25, 0.3) is 6.43 Å². The number of nitrogens with zero attached hydrogens (tertiary/aromatic N) is 1. The molecular formula is C10H17F2N3O2S. The molecule has 0 aromatic carbocycles. The number of alkyl halides is 2. The highest BCUT2D eigenvalue weighted by molar-refractivity contribution is 7.89. The van der Waals surface area contributed by atoms with E-state index in [-0.39, 0.29) is 4.90 Å². The average molecular weight is 281 g/mol. The van der Waals surface area contributed by atoms with Crippen molar-refractivity contribution in [2.45, 2.75) is 24.8 Å². The molecule has 1 heterocycles. The Labute approximate surface area is 105 Å². The minimum atomic E-state index is -3.84. The van der Waals surface area contributed by atoms with Crippen LogP contribution in [0.3, 0.4) is 0 Å². The number of sulfonamides is 1. The van der Waals surface area contributed by atoms with Crippen LogP contribution in [0.5, 0.6) is 0 Å². The van der Waals surface area contributed by atoms with E-state index >= 15 is 0 Å². The number of aromatic amines is 1. The van der Waals surface area contributed by atoms with Gasteiger partial charge in [-0.15, -0.1) is 0 Å². The van der Waals surface area contributed by atoms with Crippen molar-refractivity contribution in [3.8, 4) is 0 Å². The van der Waals surface area contributed by atoms with Crippen molar-refractivity contribution >= 4 is 10.0 Å². The van der Waals surface area contributed by atoms with E-state index in [4.69, 9.17) is 0 Å². The molecule has 0 amide bonds. The Hall–Kier alpha value is -0.990. The van der Waals surface area contributed by atoms with Crippen LogP contribution in [0.4, 0.5) is 8.78 Å². The average Bonchev–Trinajstić information content (AvgIpc) is 2.74. The summed E-state index contributed by atoms with van der Waals surface area (Å²) in [4.78, 5) is 2.80. The first-order valence-corrected chi connectivity index (χ1v) is 6.94. The SMILES string of the molecule is CCNCc1cc(S(=O)(=O)N(C)CC(F)F)c[nH]1. The van der Waals surface area contributed by atoms with E-state index in [1.54, 1.807) is 0 Å². The third-order valence-electron chi connectivity index (χ3n) is 2.39. The third kappa shape index (κ3) is 3.76. The van der Waals surface area contributed by atoms with Crippen molar-refractivity contribution in [1.82, 2.24) is 14.6 Å². The van der Waals surface area contributed by atoms with Crippen LogP contribution in [0.2, 0.25) is 0 Å². The van der Waals surface area contributed by atoms with E-state index in [0.29, 0.717) is 16.5 Å². The Morgan fingerprint density at radius 3 is 2.72 bits per heavy atom. The smallest absolute Gasteiger partial charge is 0.252 e. The Morgan fingerprint density at radius 2 is 2.17 bits per heavy atom. The summed E-state index contributed by atoms with van der Waals surface area (Å²) in [5, 5.41) is 3.03. The molecule has 2 N–H and O–H groups in total. The summed E-state index contributed by atoms with van der Waals surface area (Å²) in [6.07, 6.45) is -1.38. The molecule has 0 unspecified atom stereocenters. The molecule has 104 valence electrons. The fraction of sp³-hybridized carbons (Fsp3) is 0.600. The van der Waals surface area contributed by atoms with Crippen molar-refractivity contribution in [1.29, 1.82) is 0 Å². The molecule has 0 bridgehead atoms. The van der Waals surface area contributed by atoms with Crippen molar-refractivity contribution in [3.63, 3.8) is 0 Å². The zero-order valence-electron chi connectivity index (χ0n) is 10.3. The van der Waals surface area contributed by atoms with Crippen molar-refractivity contribution in [3.05, 3.63) is 18.0 Å². The van der Waals surface area contributed by atoms with Gasteiger partial charge in [0.15, 0.2) is 0 Å². The predicted molar refractivity (Wildman–Crippen MR) is 64.0 cm³/mol. The number of rotatable bonds is 7. The first-order chi connectivity index (χ1) is 8.37. The van der Waals surface area contributed by atoms with Crippen LogP contribution < -0.4 is 5.32 Å². The van der Waals surface area contributed by atoms with E-state index in [1.807, 2.05) is 6.92 Å². The minimum Gasteiger partial charge on any atom is -0.363 e. The Morgan fingerprint density at radius 1 is 1.50 bits per heavy atom. The lowest BCUT2D eigenvalue weighted by Crippen LogP contribution is -2.31. The number of hydrogen-bond acceptors (Lipinski definition) is 3. The molecule has 1 aromatic rings. The Bertz CT molecular complexity index is 473. The van der Waals surface area contributed by atoms with Gasteiger partial charge < -0.3 is 10.3 Å². The highest BCUT2D eigenvalue weighted by Gasteiger charge is 2.24. The maximum Gasteiger partial charge on any atom is 0.252 e. The number of aromatic nitrogens is 1. The zero-order valence-corrected chi connectivity index (χ0v) is 11.1. The molecule has 0 saturated carbocycles. The lowest BCUT2D eigenvalue weighted by molar-refractivity contribution is 0.126. The van der Waals surface area contributed by atoms with Gasteiger partial charge in [-0.05, 0) is 12.6 Å². The minimum absolute atomic E-state index is 0.00134. The summed E-state index contributed by atoms with van der Waals surface area (Å²) in [5.41, 5.74) is 0.695. The van der Waals surface area contributed by atoms with Crippen LogP contribution in [-0.4, -0.2) is 44.3 Å². The summed E-state index contributed by atoms with van der Waals surface area (Å²) in [6, 6.07) is 1.44. The van der Waals surface area contributed by atoms with Gasteiger partial charge in [-0.2, -0.15) is 4.31 Å². The first kappa shape index (κ1) is 15.1. The molecule has 0 saturated heterocycles. The standard InChI is InChI=1S/C10H17F2N3O2S/c1-3-13-5-8-4-9(6-14-8)18(16,17)15(2)7-10(11)12/h4,6,10,13-14H,3,5,7H2,1-2H3. The van der Waals surface area contributed by atoms with Gasteiger partial charge in [0.2, 0.25) is 10.0 Å². The maximum atomic E-state index is 12.2. The molecule has 0 fully saturated rings. The van der Waals surface area contributed by atoms with Crippen LogP contribution in [0.25, 0.3) is 0 Å². The highest BCUT2D eigenvalue weighted by atomic mass is 32.2. The molecular weight excluding hydrogens is 264 g/mol. The fourth-order valence-electron chi connectivity index (χ4n) is 1.40. The fourth-order valence-corrected chi connectivity index (χ4v) is 2.57. The largest absolute Gasteiger partial charge is 0.363 e. The van der Waals surface area contributed by atoms with Gasteiger partial charge in [0.1, 0.15) is 0 Å². The van der Waals surface area contributed by atoms with Crippen LogP contribution in [0.15, 0.2) is 17.2 Å². The van der Waals surface area contributed by atoms with Gasteiger partial charge in [-0.1, -0.05) is 6.92 Å². The molecule has 8 heteroatoms. The normalized spacial score (nSPS) is 12.6. The Balaban J connectivity index is 2.81. The van der Waals surface area contributed by atoms with Crippen molar-refractivity contribution < 1.29 is 17.2 Å². The molecule has 5 nitrogen and oxygen atoms in total. The summed E-state index contributed by atoms with van der Waals surface area (Å²) < 4.78 is 48.8. The molecule has 0 aliphatic carbocycles. The predicted octanol–water partition coefficient (Wildman–Crippen LogP) is 1.01. The van der Waals surface area contributed by atoms with Gasteiger partial charge in [0, 0.05) is 25.5 Å². The van der Waals surface area contributed by atoms with Crippen LogP contribution in [-0.2, 0) is 16.6 Å². The van der Waals surface area contributed by atoms with Gasteiger partial charge >= 0.3 is 0 Å². The first-order valence-electron chi connectivity index (χ1n) is 5.50. The van der Waals surface area contributed by atoms with E-state index in [9.17, 15) is 17.2 Å². The van der Waals surface area contributed by atoms with E-state index in [2.05, 4.69) is 10.3 Å². The van der Waals surface area contributed by atoms with Crippen molar-refractivity contribution in [2.24, 2.45) is 0 Å². The second-order valence-electron chi connectivity index (χ2n) is 3.82. The van der Waals surface area contributed by atoms with Crippen molar-refractivity contribution in [2.75, 3.05) is 20.1 Å². The number of halogens is 2. The summed E-state index contributed by atoms with van der Waals surface area (Å²) in [7, 11) is -2.71. The number of nitrogens with one attached hydrogen (secondary N) is 2. The van der Waals surface area contributed by atoms with E-state index in [0.717, 1.165) is 13.6 Å². The lowest BCUT2D eigenvalue weighted by Gasteiger charge is -2.15. The summed E-state index contributed by atoms with van der Waals surface area (Å²) in [5.74, 6) is 0. The molecule has 0 radical (unpaired) electrons. The topological polar surface area (TPSA) is 65.2 Å². The monoisotopic (exact) mass is 281 g/mol. The molecule has 1 rings (SSSR count). The maximum absolute atomic E-state index is 12.2. The van der Waals surface area contributed by atoms with Crippen LogP contribution in [0.1, 0.15) is 12.6 Å². The number of hydrogen-bond donors (Lipinski definition) is 2. The van der Waals surface area contributed by atoms with Gasteiger partial charge in [-0.3, -0.25) is 0 Å².